The number of thioether (sulfide) groups is 1. The molecule has 1 atom stereocenters. The van der Waals surface area contributed by atoms with Crippen molar-refractivity contribution in [3.63, 3.8) is 0 Å². The van der Waals surface area contributed by atoms with Crippen LogP contribution in [0.3, 0.4) is 0 Å². The summed E-state index contributed by atoms with van der Waals surface area (Å²) < 4.78 is 5.48. The molecular weight excluding hydrogens is 440 g/mol. The van der Waals surface area contributed by atoms with Gasteiger partial charge in [0.05, 0.1) is 5.75 Å². The van der Waals surface area contributed by atoms with Crippen LogP contribution < -0.4 is 10.6 Å². The molecule has 3 rings (SSSR count). The quantitative estimate of drug-likeness (QED) is 0.429. The minimum absolute atomic E-state index is 0.00730. The number of carboxylic acids is 1. The molecule has 0 heterocycles. The van der Waals surface area contributed by atoms with Crippen LogP contribution in [0.5, 0.6) is 0 Å². The number of nitrogens with one attached hydrogen (secondary N) is 2. The molecule has 1 aliphatic carbocycles. The molecule has 0 fully saturated rings. The van der Waals surface area contributed by atoms with E-state index in [9.17, 15) is 19.5 Å². The van der Waals surface area contributed by atoms with E-state index in [2.05, 4.69) is 34.9 Å². The van der Waals surface area contributed by atoms with Crippen molar-refractivity contribution in [1.29, 1.82) is 0 Å². The minimum Gasteiger partial charge on any atom is -0.480 e. The Morgan fingerprint density at radius 2 is 1.67 bits per heavy atom. The van der Waals surface area contributed by atoms with Gasteiger partial charge in [-0.05, 0) is 35.6 Å². The molecular formula is C25H30N2O5S. The van der Waals surface area contributed by atoms with Gasteiger partial charge >= 0.3 is 12.1 Å². The molecule has 8 heteroatoms. The van der Waals surface area contributed by atoms with Crippen LogP contribution in [-0.2, 0) is 14.3 Å². The van der Waals surface area contributed by atoms with Crippen molar-refractivity contribution in [2.24, 2.45) is 0 Å². The zero-order chi connectivity index (χ0) is 23.8. The summed E-state index contributed by atoms with van der Waals surface area (Å²) in [5.74, 6) is -0.735. The average molecular weight is 471 g/mol. The lowest BCUT2D eigenvalue weighted by molar-refractivity contribution is -0.146. The zero-order valence-corrected chi connectivity index (χ0v) is 19.7. The number of carboxylic acid groups (broad SMARTS) is 1. The van der Waals surface area contributed by atoms with Gasteiger partial charge in [-0.15, -0.1) is 0 Å². The standard InChI is InChI=1S/C25H30N2O5S/c1-3-12-25(2,23(29)30)27-22(28)16-33-14-13-26-24(31)32-15-21-19-10-6-4-8-17(19)18-9-5-7-11-20(18)21/h4-11,21H,3,12-16H2,1-2H3,(H,26,31)(H,27,28)(H,29,30). The van der Waals surface area contributed by atoms with Crippen LogP contribution >= 0.6 is 11.8 Å². The number of benzene rings is 2. The van der Waals surface area contributed by atoms with Crippen molar-refractivity contribution in [3.05, 3.63) is 59.7 Å². The molecule has 0 aliphatic heterocycles. The predicted molar refractivity (Wildman–Crippen MR) is 129 cm³/mol. The van der Waals surface area contributed by atoms with Crippen LogP contribution in [0, 0.1) is 0 Å². The van der Waals surface area contributed by atoms with Gasteiger partial charge in [0.15, 0.2) is 0 Å². The second-order valence-electron chi connectivity index (χ2n) is 8.24. The smallest absolute Gasteiger partial charge is 0.407 e. The lowest BCUT2D eigenvalue weighted by Gasteiger charge is -2.25. The summed E-state index contributed by atoms with van der Waals surface area (Å²) in [7, 11) is 0. The fourth-order valence-electron chi connectivity index (χ4n) is 4.11. The summed E-state index contributed by atoms with van der Waals surface area (Å²) in [4.78, 5) is 35.7. The summed E-state index contributed by atoms with van der Waals surface area (Å²) >= 11 is 1.32. The Labute approximate surface area is 198 Å². The van der Waals surface area contributed by atoms with Gasteiger partial charge in [0.1, 0.15) is 12.1 Å². The normalized spacial score (nSPS) is 14.0. The van der Waals surface area contributed by atoms with Crippen LogP contribution in [0.25, 0.3) is 11.1 Å². The van der Waals surface area contributed by atoms with E-state index in [-0.39, 0.29) is 24.2 Å². The molecule has 1 unspecified atom stereocenters. The number of fused-ring (bicyclic) bond motifs is 3. The summed E-state index contributed by atoms with van der Waals surface area (Å²) in [5, 5.41) is 14.6. The fourth-order valence-corrected chi connectivity index (χ4v) is 4.75. The molecule has 0 saturated carbocycles. The van der Waals surface area contributed by atoms with Gasteiger partial charge in [0, 0.05) is 18.2 Å². The highest BCUT2D eigenvalue weighted by Gasteiger charge is 2.33. The van der Waals surface area contributed by atoms with Gasteiger partial charge in [-0.3, -0.25) is 4.79 Å². The van der Waals surface area contributed by atoms with Crippen molar-refractivity contribution in [2.45, 2.75) is 38.1 Å². The van der Waals surface area contributed by atoms with Gasteiger partial charge in [0.2, 0.25) is 5.91 Å². The Kier molecular flexibility index (Phi) is 8.38. The third kappa shape index (κ3) is 6.07. The number of aliphatic carboxylic acids is 1. The van der Waals surface area contributed by atoms with E-state index in [1.807, 2.05) is 31.2 Å². The lowest BCUT2D eigenvalue weighted by Crippen LogP contribution is -2.52. The second kappa shape index (κ2) is 11.2. The van der Waals surface area contributed by atoms with Gasteiger partial charge < -0.3 is 20.5 Å². The van der Waals surface area contributed by atoms with Crippen LogP contribution in [-0.4, -0.2) is 53.3 Å². The number of rotatable bonds is 11. The Hall–Kier alpha value is -3.00. The molecule has 0 aromatic heterocycles. The fraction of sp³-hybridized carbons (Fsp3) is 0.400. The Balaban J connectivity index is 1.39. The predicted octanol–water partition coefficient (Wildman–Crippen LogP) is 4.02. The first-order valence-electron chi connectivity index (χ1n) is 11.1. The van der Waals surface area contributed by atoms with Crippen LogP contribution in [0.15, 0.2) is 48.5 Å². The maximum atomic E-state index is 12.2. The van der Waals surface area contributed by atoms with E-state index in [4.69, 9.17) is 4.74 Å². The van der Waals surface area contributed by atoms with Crippen molar-refractivity contribution < 1.29 is 24.2 Å². The Bertz CT molecular complexity index is 966. The molecule has 2 aromatic carbocycles. The van der Waals surface area contributed by atoms with E-state index in [1.54, 1.807) is 0 Å². The molecule has 2 aromatic rings. The first-order valence-corrected chi connectivity index (χ1v) is 12.2. The lowest BCUT2D eigenvalue weighted by atomic mass is 9.96. The monoisotopic (exact) mass is 470 g/mol. The van der Waals surface area contributed by atoms with E-state index in [0.717, 1.165) is 11.1 Å². The minimum atomic E-state index is -1.26. The molecule has 2 amide bonds. The van der Waals surface area contributed by atoms with Gasteiger partial charge in [-0.2, -0.15) is 11.8 Å². The highest BCUT2D eigenvalue weighted by Crippen LogP contribution is 2.44. The second-order valence-corrected chi connectivity index (χ2v) is 9.35. The van der Waals surface area contributed by atoms with E-state index < -0.39 is 17.6 Å². The average Bonchev–Trinajstić information content (AvgIpc) is 3.11. The molecule has 176 valence electrons. The molecule has 0 spiro atoms. The topological polar surface area (TPSA) is 105 Å². The molecule has 1 aliphatic rings. The number of ether oxygens (including phenoxy) is 1. The maximum absolute atomic E-state index is 12.2. The Morgan fingerprint density at radius 3 is 2.24 bits per heavy atom. The first-order chi connectivity index (χ1) is 15.9. The largest absolute Gasteiger partial charge is 0.480 e. The van der Waals surface area contributed by atoms with Gasteiger partial charge in [-0.25, -0.2) is 9.59 Å². The highest BCUT2D eigenvalue weighted by atomic mass is 32.2. The van der Waals surface area contributed by atoms with E-state index in [1.165, 1.54) is 29.8 Å². The summed E-state index contributed by atoms with van der Waals surface area (Å²) in [5.41, 5.74) is 3.41. The van der Waals surface area contributed by atoms with Crippen molar-refractivity contribution >= 4 is 29.7 Å². The molecule has 3 N–H and O–H groups in total. The van der Waals surface area contributed by atoms with Crippen molar-refractivity contribution in [3.8, 4) is 11.1 Å². The van der Waals surface area contributed by atoms with Crippen LogP contribution in [0.2, 0.25) is 0 Å². The highest BCUT2D eigenvalue weighted by molar-refractivity contribution is 7.99. The third-order valence-electron chi connectivity index (χ3n) is 5.73. The number of carbonyl (C=O) groups excluding carboxylic acids is 2. The Morgan fingerprint density at radius 1 is 1.06 bits per heavy atom. The zero-order valence-electron chi connectivity index (χ0n) is 18.9. The van der Waals surface area contributed by atoms with Gasteiger partial charge in [0.25, 0.3) is 0 Å². The molecule has 0 bridgehead atoms. The van der Waals surface area contributed by atoms with Crippen LogP contribution in [0.1, 0.15) is 43.7 Å². The number of hydrogen-bond donors (Lipinski definition) is 3. The number of amides is 2. The van der Waals surface area contributed by atoms with Crippen molar-refractivity contribution in [2.75, 3.05) is 24.7 Å². The number of carbonyl (C=O) groups is 3. The summed E-state index contributed by atoms with van der Waals surface area (Å²) in [6.07, 6.45) is 0.519. The third-order valence-corrected chi connectivity index (χ3v) is 6.69. The molecule has 0 radical (unpaired) electrons. The number of hydrogen-bond acceptors (Lipinski definition) is 5. The summed E-state index contributed by atoms with van der Waals surface area (Å²) in [6.45, 7) is 3.98. The van der Waals surface area contributed by atoms with Crippen molar-refractivity contribution in [1.82, 2.24) is 10.6 Å². The molecule has 7 nitrogen and oxygen atoms in total. The first kappa shape index (κ1) is 24.6. The van der Waals surface area contributed by atoms with Gasteiger partial charge in [-0.1, -0.05) is 61.9 Å². The number of alkyl carbamates (subject to hydrolysis) is 1. The van der Waals surface area contributed by atoms with E-state index >= 15 is 0 Å². The maximum Gasteiger partial charge on any atom is 0.407 e. The van der Waals surface area contributed by atoms with E-state index in [0.29, 0.717) is 25.1 Å². The van der Waals surface area contributed by atoms with Crippen LogP contribution in [0.4, 0.5) is 4.79 Å². The molecule has 0 saturated heterocycles. The SMILES string of the molecule is CCCC(C)(NC(=O)CSCCNC(=O)OCC1c2ccccc2-c2ccccc21)C(=O)O. The molecule has 33 heavy (non-hydrogen) atoms. The summed E-state index contributed by atoms with van der Waals surface area (Å²) in [6, 6.07) is 16.3.